The SMILES string of the molecule is CC(C)(C)OC(=O)N1CCCC[C@@H]1C(=O)Nc1ccccc1N. The van der Waals surface area contributed by atoms with Gasteiger partial charge in [0.15, 0.2) is 0 Å². The van der Waals surface area contributed by atoms with Crippen LogP contribution in [-0.4, -0.2) is 35.1 Å². The number of ether oxygens (including phenoxy) is 1. The largest absolute Gasteiger partial charge is 0.444 e. The number of rotatable bonds is 2. The third-order valence-electron chi connectivity index (χ3n) is 3.65. The zero-order valence-electron chi connectivity index (χ0n) is 14.0. The molecule has 1 saturated heterocycles. The lowest BCUT2D eigenvalue weighted by atomic mass is 10.0. The standard InChI is InChI=1S/C17H25N3O3/c1-17(2,3)23-16(22)20-11-7-6-10-14(20)15(21)19-13-9-5-4-8-12(13)18/h4-5,8-9,14H,6-7,10-11,18H2,1-3H3,(H,19,21)/t14-/m1/s1. The number of carbonyl (C=O) groups excluding carboxylic acids is 2. The zero-order valence-corrected chi connectivity index (χ0v) is 14.0. The highest BCUT2D eigenvalue weighted by Gasteiger charge is 2.34. The molecule has 2 rings (SSSR count). The summed E-state index contributed by atoms with van der Waals surface area (Å²) < 4.78 is 5.41. The molecule has 1 aliphatic heterocycles. The summed E-state index contributed by atoms with van der Waals surface area (Å²) >= 11 is 0. The van der Waals surface area contributed by atoms with Gasteiger partial charge < -0.3 is 15.8 Å². The van der Waals surface area contributed by atoms with E-state index in [9.17, 15) is 9.59 Å². The molecule has 1 atom stereocenters. The number of likely N-dealkylation sites (tertiary alicyclic amines) is 1. The molecular formula is C17H25N3O3. The monoisotopic (exact) mass is 319 g/mol. The Balaban J connectivity index is 2.10. The van der Waals surface area contributed by atoms with Crippen molar-refractivity contribution in [2.24, 2.45) is 0 Å². The Morgan fingerprint density at radius 1 is 1.26 bits per heavy atom. The fourth-order valence-electron chi connectivity index (χ4n) is 2.57. The lowest BCUT2D eigenvalue weighted by molar-refractivity contribution is -0.122. The van der Waals surface area contributed by atoms with Crippen LogP contribution < -0.4 is 11.1 Å². The molecule has 6 heteroatoms. The van der Waals surface area contributed by atoms with Gasteiger partial charge in [0.2, 0.25) is 5.91 Å². The van der Waals surface area contributed by atoms with Gasteiger partial charge in [0.1, 0.15) is 11.6 Å². The van der Waals surface area contributed by atoms with E-state index in [0.717, 1.165) is 12.8 Å². The van der Waals surface area contributed by atoms with Crippen molar-refractivity contribution in [2.45, 2.75) is 51.7 Å². The van der Waals surface area contributed by atoms with E-state index in [2.05, 4.69) is 5.32 Å². The molecule has 1 fully saturated rings. The van der Waals surface area contributed by atoms with Crippen LogP contribution in [0.5, 0.6) is 0 Å². The summed E-state index contributed by atoms with van der Waals surface area (Å²) in [6.45, 7) is 5.97. The van der Waals surface area contributed by atoms with Gasteiger partial charge in [0, 0.05) is 6.54 Å². The molecule has 126 valence electrons. The van der Waals surface area contributed by atoms with Crippen LogP contribution in [-0.2, 0) is 9.53 Å². The van der Waals surface area contributed by atoms with Crippen LogP contribution >= 0.6 is 0 Å². The van der Waals surface area contributed by atoms with Gasteiger partial charge >= 0.3 is 6.09 Å². The van der Waals surface area contributed by atoms with Crippen molar-refractivity contribution >= 4 is 23.4 Å². The molecular weight excluding hydrogens is 294 g/mol. The van der Waals surface area contributed by atoms with Crippen LogP contribution in [0, 0.1) is 0 Å². The average molecular weight is 319 g/mol. The van der Waals surface area contributed by atoms with E-state index in [0.29, 0.717) is 24.3 Å². The van der Waals surface area contributed by atoms with Gasteiger partial charge in [-0.05, 0) is 52.2 Å². The van der Waals surface area contributed by atoms with Crippen LogP contribution in [0.25, 0.3) is 0 Å². The Morgan fingerprint density at radius 3 is 2.61 bits per heavy atom. The Bertz CT molecular complexity index is 581. The molecule has 1 aromatic rings. The van der Waals surface area contributed by atoms with Crippen molar-refractivity contribution in [3.63, 3.8) is 0 Å². The fourth-order valence-corrected chi connectivity index (χ4v) is 2.57. The van der Waals surface area contributed by atoms with Gasteiger partial charge in [-0.2, -0.15) is 0 Å². The van der Waals surface area contributed by atoms with Crippen molar-refractivity contribution in [2.75, 3.05) is 17.6 Å². The van der Waals surface area contributed by atoms with Crippen molar-refractivity contribution in [3.8, 4) is 0 Å². The number of para-hydroxylation sites is 2. The van der Waals surface area contributed by atoms with E-state index in [1.165, 1.54) is 4.90 Å². The Kier molecular flexibility index (Phi) is 5.13. The number of nitrogens with one attached hydrogen (secondary N) is 1. The van der Waals surface area contributed by atoms with Gasteiger partial charge in [-0.15, -0.1) is 0 Å². The lowest BCUT2D eigenvalue weighted by Gasteiger charge is -2.35. The van der Waals surface area contributed by atoms with E-state index in [1.807, 2.05) is 20.8 Å². The maximum atomic E-state index is 12.6. The topological polar surface area (TPSA) is 84.7 Å². The van der Waals surface area contributed by atoms with Crippen LogP contribution in [0.4, 0.5) is 16.2 Å². The van der Waals surface area contributed by atoms with Crippen molar-refractivity contribution < 1.29 is 14.3 Å². The molecule has 1 heterocycles. The van der Waals surface area contributed by atoms with Gasteiger partial charge in [-0.25, -0.2) is 4.79 Å². The first-order chi connectivity index (χ1) is 10.8. The summed E-state index contributed by atoms with van der Waals surface area (Å²) in [5, 5.41) is 2.81. The molecule has 0 bridgehead atoms. The molecule has 2 amide bonds. The van der Waals surface area contributed by atoms with E-state index >= 15 is 0 Å². The Labute approximate surface area is 137 Å². The van der Waals surface area contributed by atoms with Crippen LogP contribution in [0.1, 0.15) is 40.0 Å². The molecule has 0 unspecified atom stereocenters. The number of carbonyl (C=O) groups is 2. The number of amides is 2. The van der Waals surface area contributed by atoms with Crippen molar-refractivity contribution in [1.82, 2.24) is 4.90 Å². The molecule has 0 radical (unpaired) electrons. The molecule has 3 N–H and O–H groups in total. The number of nitrogens with zero attached hydrogens (tertiary/aromatic N) is 1. The quantitative estimate of drug-likeness (QED) is 0.821. The molecule has 0 spiro atoms. The maximum absolute atomic E-state index is 12.6. The fraction of sp³-hybridized carbons (Fsp3) is 0.529. The predicted molar refractivity (Wildman–Crippen MR) is 90.1 cm³/mol. The summed E-state index contributed by atoms with van der Waals surface area (Å²) in [5.74, 6) is -0.228. The Hall–Kier alpha value is -2.24. The molecule has 6 nitrogen and oxygen atoms in total. The highest BCUT2D eigenvalue weighted by atomic mass is 16.6. The summed E-state index contributed by atoms with van der Waals surface area (Å²) in [6.07, 6.45) is 1.95. The van der Waals surface area contributed by atoms with E-state index in [-0.39, 0.29) is 5.91 Å². The average Bonchev–Trinajstić information content (AvgIpc) is 2.48. The molecule has 23 heavy (non-hydrogen) atoms. The third kappa shape index (κ3) is 4.61. The second-order valence-corrected chi connectivity index (χ2v) is 6.76. The first-order valence-corrected chi connectivity index (χ1v) is 7.93. The second-order valence-electron chi connectivity index (χ2n) is 6.76. The summed E-state index contributed by atoms with van der Waals surface area (Å²) in [6, 6.07) is 6.55. The molecule has 0 saturated carbocycles. The molecule has 0 aliphatic carbocycles. The normalized spacial score (nSPS) is 18.4. The van der Waals surface area contributed by atoms with Gasteiger partial charge in [-0.1, -0.05) is 12.1 Å². The number of nitrogen functional groups attached to an aromatic ring is 1. The molecule has 0 aromatic heterocycles. The number of nitrogens with two attached hydrogens (primary N) is 1. The Morgan fingerprint density at radius 2 is 1.96 bits per heavy atom. The minimum Gasteiger partial charge on any atom is -0.444 e. The first kappa shape index (κ1) is 17.1. The third-order valence-corrected chi connectivity index (χ3v) is 3.65. The van der Waals surface area contributed by atoms with Crippen molar-refractivity contribution in [1.29, 1.82) is 0 Å². The summed E-state index contributed by atoms with van der Waals surface area (Å²) in [7, 11) is 0. The van der Waals surface area contributed by atoms with Gasteiger partial charge in [0.05, 0.1) is 11.4 Å². The number of benzene rings is 1. The minimum atomic E-state index is -0.584. The van der Waals surface area contributed by atoms with Crippen molar-refractivity contribution in [3.05, 3.63) is 24.3 Å². The number of hydrogen-bond acceptors (Lipinski definition) is 4. The van der Waals surface area contributed by atoms with Crippen LogP contribution in [0.2, 0.25) is 0 Å². The van der Waals surface area contributed by atoms with Crippen LogP contribution in [0.15, 0.2) is 24.3 Å². The van der Waals surface area contributed by atoms with Gasteiger partial charge in [0.25, 0.3) is 0 Å². The lowest BCUT2D eigenvalue weighted by Crippen LogP contribution is -2.51. The maximum Gasteiger partial charge on any atom is 0.410 e. The highest BCUT2D eigenvalue weighted by Crippen LogP contribution is 2.23. The van der Waals surface area contributed by atoms with Crippen LogP contribution in [0.3, 0.4) is 0 Å². The first-order valence-electron chi connectivity index (χ1n) is 7.93. The minimum absolute atomic E-state index is 0.228. The summed E-state index contributed by atoms with van der Waals surface area (Å²) in [5.41, 5.74) is 6.33. The second kappa shape index (κ2) is 6.89. The van der Waals surface area contributed by atoms with E-state index < -0.39 is 17.7 Å². The van der Waals surface area contributed by atoms with Gasteiger partial charge in [-0.3, -0.25) is 9.69 Å². The molecule has 1 aromatic carbocycles. The number of piperidine rings is 1. The molecule has 1 aliphatic rings. The number of hydrogen-bond donors (Lipinski definition) is 2. The zero-order chi connectivity index (χ0) is 17.0. The number of anilines is 2. The smallest absolute Gasteiger partial charge is 0.410 e. The highest BCUT2D eigenvalue weighted by molar-refractivity contribution is 5.98. The van der Waals surface area contributed by atoms with E-state index in [4.69, 9.17) is 10.5 Å². The summed E-state index contributed by atoms with van der Waals surface area (Å²) in [4.78, 5) is 26.4. The van der Waals surface area contributed by atoms with E-state index in [1.54, 1.807) is 24.3 Å². The predicted octanol–water partition coefficient (Wildman–Crippen LogP) is 3.00.